The van der Waals surface area contributed by atoms with E-state index in [2.05, 4.69) is 106 Å². The Morgan fingerprint density at radius 2 is 1.12 bits per heavy atom. The van der Waals surface area contributed by atoms with Gasteiger partial charge in [-0.2, -0.15) is 0 Å². The van der Waals surface area contributed by atoms with Crippen LogP contribution in [-0.2, 0) is 0 Å². The monoisotopic (exact) mass is 444 g/mol. The summed E-state index contributed by atoms with van der Waals surface area (Å²) in [4.78, 5) is 4.98. The summed E-state index contributed by atoms with van der Waals surface area (Å²) in [6, 6.07) is 19.5. The smallest absolute Gasteiger partial charge is 0.139 e. The van der Waals surface area contributed by atoms with Crippen molar-refractivity contribution in [2.24, 2.45) is 0 Å². The van der Waals surface area contributed by atoms with Crippen LogP contribution in [0.1, 0.15) is 38.9 Å². The summed E-state index contributed by atoms with van der Waals surface area (Å²) >= 11 is 7.16. The van der Waals surface area contributed by atoms with Gasteiger partial charge in [0.25, 0.3) is 0 Å². The van der Waals surface area contributed by atoms with E-state index in [4.69, 9.17) is 11.6 Å². The molecule has 3 aromatic carbocycles. The highest BCUT2D eigenvalue weighted by molar-refractivity contribution is 6.32. The highest BCUT2D eigenvalue weighted by Crippen LogP contribution is 2.39. The lowest BCUT2D eigenvalue weighted by Gasteiger charge is -2.36. The minimum absolute atomic E-state index is 0.0444. The molecule has 3 heteroatoms. The zero-order valence-corrected chi connectivity index (χ0v) is 20.8. The quantitative estimate of drug-likeness (QED) is 0.411. The first kappa shape index (κ1) is 22.5. The van der Waals surface area contributed by atoms with Gasteiger partial charge in [0.05, 0.1) is 5.03 Å². The van der Waals surface area contributed by atoms with Crippen LogP contribution in [0.4, 0.5) is 11.4 Å². The molecule has 1 aliphatic heterocycles. The number of hydrogen-bond acceptors (Lipinski definition) is 2. The zero-order chi connectivity index (χ0) is 23.0. The first-order valence-electron chi connectivity index (χ1n) is 11.4. The Balaban J connectivity index is 1.86. The minimum atomic E-state index is -0.0444. The minimum Gasteiger partial charge on any atom is -0.344 e. The van der Waals surface area contributed by atoms with Crippen molar-refractivity contribution in [2.75, 3.05) is 22.9 Å². The largest absolute Gasteiger partial charge is 0.344 e. The van der Waals surface area contributed by atoms with Crippen LogP contribution in [0.5, 0.6) is 0 Å². The molecule has 0 bridgehead atoms. The molecule has 0 aromatic heterocycles. The fourth-order valence-corrected chi connectivity index (χ4v) is 5.79. The standard InChI is InChI=1S/C29H33ClN2/c1-19-14-21(3)27(22(4)15-19)31-12-13-32(28-23(5)16-20(2)17-24(28)6)29(31)26(30)18-25-10-8-7-9-11-25/h7-11,14-18,29H,12-13H2,1-6H3/b26-18+. The van der Waals surface area contributed by atoms with Gasteiger partial charge in [-0.15, -0.1) is 0 Å². The average molecular weight is 445 g/mol. The van der Waals surface area contributed by atoms with E-state index >= 15 is 0 Å². The lowest BCUT2D eigenvalue weighted by molar-refractivity contribution is 0.782. The number of benzene rings is 3. The maximum Gasteiger partial charge on any atom is 0.139 e. The molecule has 0 atom stereocenters. The van der Waals surface area contributed by atoms with E-state index in [1.807, 2.05) is 6.07 Å². The predicted molar refractivity (Wildman–Crippen MR) is 140 cm³/mol. The van der Waals surface area contributed by atoms with E-state index < -0.39 is 0 Å². The molecule has 1 saturated heterocycles. The molecule has 166 valence electrons. The summed E-state index contributed by atoms with van der Waals surface area (Å²) in [6.07, 6.45) is 2.08. The molecule has 0 N–H and O–H groups in total. The van der Waals surface area contributed by atoms with Crippen LogP contribution in [0.3, 0.4) is 0 Å². The Hall–Kier alpha value is -2.71. The van der Waals surface area contributed by atoms with Crippen molar-refractivity contribution >= 4 is 29.1 Å². The summed E-state index contributed by atoms with van der Waals surface area (Å²) in [5.74, 6) is 0. The van der Waals surface area contributed by atoms with Gasteiger partial charge in [-0.25, -0.2) is 0 Å². The third-order valence-electron chi connectivity index (χ3n) is 6.37. The molecule has 1 fully saturated rings. The molecule has 3 aromatic rings. The van der Waals surface area contributed by atoms with Crippen LogP contribution in [0.25, 0.3) is 6.08 Å². The van der Waals surface area contributed by atoms with E-state index in [1.54, 1.807) is 0 Å². The second-order valence-electron chi connectivity index (χ2n) is 9.20. The fourth-order valence-electron chi connectivity index (χ4n) is 5.43. The molecule has 1 heterocycles. The van der Waals surface area contributed by atoms with E-state index in [9.17, 15) is 0 Å². The predicted octanol–water partition coefficient (Wildman–Crippen LogP) is 7.47. The topological polar surface area (TPSA) is 6.48 Å². The summed E-state index contributed by atoms with van der Waals surface area (Å²) in [6.45, 7) is 15.1. The number of aryl methyl sites for hydroxylation is 6. The zero-order valence-electron chi connectivity index (χ0n) is 20.0. The molecule has 32 heavy (non-hydrogen) atoms. The van der Waals surface area contributed by atoms with Crippen molar-refractivity contribution in [1.29, 1.82) is 0 Å². The van der Waals surface area contributed by atoms with Crippen molar-refractivity contribution in [1.82, 2.24) is 0 Å². The Bertz CT molecular complexity index is 1050. The van der Waals surface area contributed by atoms with Crippen LogP contribution in [0.15, 0.2) is 59.6 Å². The summed E-state index contributed by atoms with van der Waals surface area (Å²) in [7, 11) is 0. The summed E-state index contributed by atoms with van der Waals surface area (Å²) < 4.78 is 0. The van der Waals surface area contributed by atoms with E-state index in [-0.39, 0.29) is 6.17 Å². The van der Waals surface area contributed by atoms with E-state index in [0.717, 1.165) is 23.7 Å². The van der Waals surface area contributed by atoms with Crippen molar-refractivity contribution < 1.29 is 0 Å². The fraction of sp³-hybridized carbons (Fsp3) is 0.310. The first-order valence-corrected chi connectivity index (χ1v) is 11.7. The number of anilines is 2. The maximum absolute atomic E-state index is 7.16. The molecule has 2 nitrogen and oxygen atoms in total. The van der Waals surface area contributed by atoms with Crippen LogP contribution in [0.2, 0.25) is 0 Å². The van der Waals surface area contributed by atoms with Crippen molar-refractivity contribution in [2.45, 2.75) is 47.7 Å². The molecule has 0 spiro atoms. The molecule has 0 saturated carbocycles. The number of hydrogen-bond donors (Lipinski definition) is 0. The van der Waals surface area contributed by atoms with Gasteiger partial charge in [-0.1, -0.05) is 77.3 Å². The third-order valence-corrected chi connectivity index (χ3v) is 6.67. The lowest BCUT2D eigenvalue weighted by Crippen LogP contribution is -2.40. The second kappa shape index (κ2) is 9.03. The molecule has 1 aliphatic rings. The number of nitrogens with zero attached hydrogens (tertiary/aromatic N) is 2. The Morgan fingerprint density at radius 1 is 0.719 bits per heavy atom. The summed E-state index contributed by atoms with van der Waals surface area (Å²) in [5, 5.41) is 0.840. The van der Waals surface area contributed by atoms with Gasteiger partial charge >= 0.3 is 0 Å². The second-order valence-corrected chi connectivity index (χ2v) is 9.63. The van der Waals surface area contributed by atoms with Crippen LogP contribution in [0, 0.1) is 41.5 Å². The van der Waals surface area contributed by atoms with Gasteiger partial charge in [0.1, 0.15) is 6.17 Å². The van der Waals surface area contributed by atoms with E-state index in [1.165, 1.54) is 44.8 Å². The normalized spacial score (nSPS) is 15.0. The molecule has 0 amide bonds. The highest BCUT2D eigenvalue weighted by atomic mass is 35.5. The van der Waals surface area contributed by atoms with Crippen molar-refractivity contribution in [3.05, 3.63) is 98.6 Å². The van der Waals surface area contributed by atoms with Gasteiger partial charge in [-0.05, 0) is 75.4 Å². The van der Waals surface area contributed by atoms with Crippen LogP contribution in [-0.4, -0.2) is 19.3 Å². The molecule has 0 unspecified atom stereocenters. The molecule has 4 rings (SSSR count). The maximum atomic E-state index is 7.16. The van der Waals surface area contributed by atoms with Crippen LogP contribution >= 0.6 is 11.6 Å². The molecular formula is C29H33ClN2. The van der Waals surface area contributed by atoms with Gasteiger partial charge in [0.15, 0.2) is 0 Å². The highest BCUT2D eigenvalue weighted by Gasteiger charge is 2.37. The number of rotatable bonds is 4. The van der Waals surface area contributed by atoms with Crippen molar-refractivity contribution in [3.63, 3.8) is 0 Å². The molecule has 0 aliphatic carbocycles. The van der Waals surface area contributed by atoms with Gasteiger partial charge in [0, 0.05) is 24.5 Å². The Labute approximate surface area is 198 Å². The Morgan fingerprint density at radius 3 is 1.53 bits per heavy atom. The summed E-state index contributed by atoms with van der Waals surface area (Å²) in [5.41, 5.74) is 11.5. The van der Waals surface area contributed by atoms with Gasteiger partial charge in [0.2, 0.25) is 0 Å². The molecule has 0 radical (unpaired) electrons. The number of halogens is 1. The van der Waals surface area contributed by atoms with Crippen molar-refractivity contribution in [3.8, 4) is 0 Å². The van der Waals surface area contributed by atoms with Gasteiger partial charge < -0.3 is 9.80 Å². The lowest BCUT2D eigenvalue weighted by atomic mass is 10.0. The van der Waals surface area contributed by atoms with E-state index in [0.29, 0.717) is 0 Å². The van der Waals surface area contributed by atoms with Crippen LogP contribution < -0.4 is 9.80 Å². The molecular weight excluding hydrogens is 412 g/mol. The Kier molecular flexibility index (Phi) is 6.35. The van der Waals surface area contributed by atoms with Gasteiger partial charge in [-0.3, -0.25) is 0 Å². The SMILES string of the molecule is Cc1cc(C)c(N2CCN(c3c(C)cc(C)cc3C)C2/C(Cl)=C\c2ccccc2)c(C)c1. The first-order chi connectivity index (χ1) is 15.3. The third kappa shape index (κ3) is 4.29. The average Bonchev–Trinajstić information content (AvgIpc) is 3.11.